The molecule has 2 aromatic carbocycles. The summed E-state index contributed by atoms with van der Waals surface area (Å²) in [6, 6.07) is 9.71. The number of anilines is 1. The van der Waals surface area contributed by atoms with Crippen LogP contribution in [-0.2, 0) is 19.9 Å². The number of benzene rings is 2. The number of phenolic OH excluding ortho intramolecular Hbond substituents is 2. The monoisotopic (exact) mass is 439 g/mol. The maximum absolute atomic E-state index is 10.7. The molecule has 0 aliphatic rings. The van der Waals surface area contributed by atoms with E-state index >= 15 is 0 Å². The summed E-state index contributed by atoms with van der Waals surface area (Å²) in [6.07, 6.45) is 6.67. The highest BCUT2D eigenvalue weighted by atomic mass is 32.1. The van der Waals surface area contributed by atoms with E-state index in [2.05, 4.69) is 66.2 Å². The lowest BCUT2D eigenvalue weighted by Gasteiger charge is -2.33. The maximum Gasteiger partial charge on any atom is 0.129 e. The van der Waals surface area contributed by atoms with Crippen LogP contribution in [0.1, 0.15) is 43.9 Å². The van der Waals surface area contributed by atoms with Crippen LogP contribution in [0, 0.1) is 0 Å². The first-order valence-corrected chi connectivity index (χ1v) is 11.4. The third-order valence-electron chi connectivity index (χ3n) is 5.73. The smallest absolute Gasteiger partial charge is 0.129 e. The number of thiol groups is 1. The van der Waals surface area contributed by atoms with E-state index in [0.717, 1.165) is 29.8 Å². The molecule has 0 saturated heterocycles. The van der Waals surface area contributed by atoms with Gasteiger partial charge in [-0.25, -0.2) is 0 Å². The number of allylic oxidation sites excluding steroid dienone is 1. The van der Waals surface area contributed by atoms with Gasteiger partial charge in [-0.2, -0.15) is 0 Å². The fourth-order valence-corrected chi connectivity index (χ4v) is 4.33. The number of aromatic hydroxyl groups is 2. The first-order valence-electron chi connectivity index (χ1n) is 10.8. The molecule has 5 nitrogen and oxygen atoms in total. The largest absolute Gasteiger partial charge is 0.508 e. The van der Waals surface area contributed by atoms with Gasteiger partial charge in [-0.05, 0) is 61.7 Å². The number of hydrogen-bond acceptors (Lipinski definition) is 5. The molecule has 0 spiro atoms. The number of phenols is 2. The van der Waals surface area contributed by atoms with Crippen molar-refractivity contribution in [3.63, 3.8) is 0 Å². The molecule has 3 rings (SSSR count). The fraction of sp³-hybridized carbons (Fsp3) is 0.360. The zero-order valence-corrected chi connectivity index (χ0v) is 19.9. The minimum Gasteiger partial charge on any atom is -0.508 e. The van der Waals surface area contributed by atoms with Gasteiger partial charge in [0.05, 0.1) is 5.70 Å². The molecule has 0 aliphatic heterocycles. The molecule has 0 aliphatic carbocycles. The van der Waals surface area contributed by atoms with Crippen LogP contribution in [0.15, 0.2) is 42.6 Å². The summed E-state index contributed by atoms with van der Waals surface area (Å²) in [5, 5.41) is 25.4. The van der Waals surface area contributed by atoms with E-state index < -0.39 is 0 Å². The lowest BCUT2D eigenvalue weighted by Crippen LogP contribution is -2.39. The number of aromatic nitrogens is 1. The van der Waals surface area contributed by atoms with Gasteiger partial charge in [0.25, 0.3) is 0 Å². The highest BCUT2D eigenvalue weighted by Crippen LogP contribution is 2.38. The Kier molecular flexibility index (Phi) is 7.23. The zero-order valence-electron chi connectivity index (χ0n) is 19.0. The number of hydrogen-bond donors (Lipinski definition) is 4. The van der Waals surface area contributed by atoms with Crippen molar-refractivity contribution < 1.29 is 10.2 Å². The molecule has 0 amide bonds. The average Bonchev–Trinajstić information content (AvgIpc) is 3.08. The summed E-state index contributed by atoms with van der Waals surface area (Å²) in [5.74, 6) is 0.159. The molecule has 1 unspecified atom stereocenters. The first kappa shape index (κ1) is 23.1. The summed E-state index contributed by atoms with van der Waals surface area (Å²) < 4.78 is 2.15. The Balaban J connectivity index is 2.24. The van der Waals surface area contributed by atoms with E-state index in [-0.39, 0.29) is 17.0 Å². The van der Waals surface area contributed by atoms with Gasteiger partial charge in [0.1, 0.15) is 17.0 Å². The van der Waals surface area contributed by atoms with Gasteiger partial charge in [0.2, 0.25) is 0 Å². The van der Waals surface area contributed by atoms with Gasteiger partial charge in [0.15, 0.2) is 0 Å². The van der Waals surface area contributed by atoms with Gasteiger partial charge >= 0.3 is 0 Å². The van der Waals surface area contributed by atoms with Gasteiger partial charge in [0, 0.05) is 41.5 Å². The average molecular weight is 440 g/mol. The standard InChI is InChI=1S/C25H33N3O2S/c1-6-9-22(20-12-16(7-2)23(29)14-24(20)30)28(25(31)26-4)18-10-11-21-19(13-18)17(8-3)15-27(21)5/h9-15,25-26,29-31H,6-8H2,1-5H3. The third-order valence-corrected chi connectivity index (χ3v) is 6.22. The Morgan fingerprint density at radius 3 is 2.42 bits per heavy atom. The Morgan fingerprint density at radius 1 is 1.10 bits per heavy atom. The van der Waals surface area contributed by atoms with Crippen molar-refractivity contribution in [3.8, 4) is 11.5 Å². The molecule has 0 radical (unpaired) electrons. The predicted octanol–water partition coefficient (Wildman–Crippen LogP) is 5.40. The molecule has 1 heterocycles. The Bertz CT molecular complexity index is 1100. The van der Waals surface area contributed by atoms with Crippen LogP contribution in [0.25, 0.3) is 16.6 Å². The molecule has 0 saturated carbocycles. The van der Waals surface area contributed by atoms with Gasteiger partial charge in [-0.1, -0.05) is 26.8 Å². The van der Waals surface area contributed by atoms with Crippen molar-refractivity contribution in [2.24, 2.45) is 7.05 Å². The lowest BCUT2D eigenvalue weighted by molar-refractivity contribution is 0.445. The van der Waals surface area contributed by atoms with E-state index in [1.165, 1.54) is 22.5 Å². The van der Waals surface area contributed by atoms with E-state index in [1.807, 2.05) is 20.0 Å². The SMILES string of the molecule is CCC=C(c1cc(CC)c(O)cc1O)N(c1ccc2c(c1)c(CC)cn2C)C(S)NC. The molecule has 0 fully saturated rings. The molecule has 31 heavy (non-hydrogen) atoms. The highest BCUT2D eigenvalue weighted by Gasteiger charge is 2.23. The van der Waals surface area contributed by atoms with Crippen LogP contribution in [0.5, 0.6) is 11.5 Å². The summed E-state index contributed by atoms with van der Waals surface area (Å²) >= 11 is 4.81. The van der Waals surface area contributed by atoms with Crippen molar-refractivity contribution in [1.29, 1.82) is 0 Å². The second-order valence-corrected chi connectivity index (χ2v) is 8.19. The Morgan fingerprint density at radius 2 is 1.81 bits per heavy atom. The Hall–Kier alpha value is -2.57. The number of aryl methyl sites for hydroxylation is 3. The number of rotatable bonds is 8. The topological polar surface area (TPSA) is 60.7 Å². The summed E-state index contributed by atoms with van der Waals surface area (Å²) in [6.45, 7) is 6.22. The molecule has 3 N–H and O–H groups in total. The van der Waals surface area contributed by atoms with Crippen molar-refractivity contribution in [2.75, 3.05) is 11.9 Å². The van der Waals surface area contributed by atoms with Gasteiger partial charge in [-0.3, -0.25) is 5.32 Å². The van der Waals surface area contributed by atoms with E-state index in [4.69, 9.17) is 12.6 Å². The quantitative estimate of drug-likeness (QED) is 0.280. The maximum atomic E-state index is 10.7. The fourth-order valence-electron chi connectivity index (χ4n) is 4.08. The van der Waals surface area contributed by atoms with Crippen LogP contribution in [0.3, 0.4) is 0 Å². The minimum atomic E-state index is -0.317. The molecular formula is C25H33N3O2S. The predicted molar refractivity (Wildman–Crippen MR) is 134 cm³/mol. The first-order chi connectivity index (χ1) is 14.9. The van der Waals surface area contributed by atoms with Crippen LogP contribution in [0.2, 0.25) is 0 Å². The third kappa shape index (κ3) is 4.41. The molecule has 6 heteroatoms. The zero-order chi connectivity index (χ0) is 22.7. The van der Waals surface area contributed by atoms with Crippen LogP contribution in [0.4, 0.5) is 5.69 Å². The summed E-state index contributed by atoms with van der Waals surface area (Å²) in [5.41, 5.74) is 5.45. The van der Waals surface area contributed by atoms with Crippen molar-refractivity contribution in [1.82, 2.24) is 9.88 Å². The van der Waals surface area contributed by atoms with Crippen LogP contribution in [-0.4, -0.2) is 27.3 Å². The van der Waals surface area contributed by atoms with Gasteiger partial charge in [-0.15, -0.1) is 12.6 Å². The summed E-state index contributed by atoms with van der Waals surface area (Å²) in [4.78, 5) is 2.09. The Labute approximate surface area is 190 Å². The number of nitrogens with zero attached hydrogens (tertiary/aromatic N) is 2. The second-order valence-electron chi connectivity index (χ2n) is 7.70. The van der Waals surface area contributed by atoms with E-state index in [9.17, 15) is 10.2 Å². The molecule has 1 atom stereocenters. The normalized spacial score (nSPS) is 13.0. The van der Waals surface area contributed by atoms with Crippen molar-refractivity contribution >= 4 is 34.9 Å². The van der Waals surface area contributed by atoms with Crippen LogP contribution >= 0.6 is 12.6 Å². The van der Waals surface area contributed by atoms with Crippen LogP contribution < -0.4 is 10.2 Å². The van der Waals surface area contributed by atoms with Crippen molar-refractivity contribution in [3.05, 3.63) is 59.3 Å². The van der Waals surface area contributed by atoms with Gasteiger partial charge < -0.3 is 19.7 Å². The van der Waals surface area contributed by atoms with E-state index in [0.29, 0.717) is 12.0 Å². The lowest BCUT2D eigenvalue weighted by atomic mass is 10.0. The van der Waals surface area contributed by atoms with Crippen molar-refractivity contribution in [2.45, 2.75) is 45.5 Å². The summed E-state index contributed by atoms with van der Waals surface area (Å²) in [7, 11) is 3.93. The highest BCUT2D eigenvalue weighted by molar-refractivity contribution is 7.81. The molecule has 166 valence electrons. The minimum absolute atomic E-state index is 0.0473. The molecule has 3 aromatic rings. The van der Waals surface area contributed by atoms with E-state index in [1.54, 1.807) is 0 Å². The second kappa shape index (κ2) is 9.71. The molecular weight excluding hydrogens is 406 g/mol. The number of fused-ring (bicyclic) bond motifs is 1. The number of nitrogens with one attached hydrogen (secondary N) is 1. The molecule has 1 aromatic heterocycles. The molecule has 0 bridgehead atoms.